The van der Waals surface area contributed by atoms with E-state index in [4.69, 9.17) is 0 Å². The normalized spacial score (nSPS) is 18.9. The molecular formula is C16H24FNO. The highest BCUT2D eigenvalue weighted by molar-refractivity contribution is 5.47. The van der Waals surface area contributed by atoms with Crippen LogP contribution in [0.2, 0.25) is 0 Å². The summed E-state index contributed by atoms with van der Waals surface area (Å²) < 4.78 is 13.8. The van der Waals surface area contributed by atoms with Crippen LogP contribution in [-0.4, -0.2) is 25.3 Å². The van der Waals surface area contributed by atoms with E-state index in [2.05, 4.69) is 0 Å². The maximum atomic E-state index is 13.8. The van der Waals surface area contributed by atoms with Crippen molar-refractivity contribution >= 4 is 5.69 Å². The molecule has 1 N–H and O–H groups in total. The van der Waals surface area contributed by atoms with E-state index in [9.17, 15) is 9.50 Å². The molecule has 0 aromatic heterocycles. The Morgan fingerprint density at radius 2 is 1.79 bits per heavy atom. The first-order valence-corrected chi connectivity index (χ1v) is 7.23. The molecule has 0 unspecified atom stereocenters. The Hall–Kier alpha value is -1.09. The molecule has 1 saturated carbocycles. The highest BCUT2D eigenvalue weighted by Gasteiger charge is 2.32. The first kappa shape index (κ1) is 14.3. The van der Waals surface area contributed by atoms with Gasteiger partial charge < -0.3 is 10.0 Å². The summed E-state index contributed by atoms with van der Waals surface area (Å²) in [6, 6.07) is 6.86. The molecule has 0 amide bonds. The monoisotopic (exact) mass is 265 g/mol. The Labute approximate surface area is 115 Å². The molecule has 0 heterocycles. The minimum absolute atomic E-state index is 0.0620. The molecule has 1 fully saturated rings. The fraction of sp³-hybridized carbons (Fsp3) is 0.625. The molecule has 1 aromatic carbocycles. The topological polar surface area (TPSA) is 23.5 Å². The molecule has 1 aliphatic carbocycles. The average Bonchev–Trinajstić information content (AvgIpc) is 2.65. The molecule has 0 spiro atoms. The van der Waals surface area contributed by atoms with E-state index >= 15 is 0 Å². The minimum Gasteiger partial charge on any atom is -0.396 e. The van der Waals surface area contributed by atoms with Gasteiger partial charge in [0.25, 0.3) is 0 Å². The zero-order valence-electron chi connectivity index (χ0n) is 11.7. The first-order chi connectivity index (χ1) is 9.17. The average molecular weight is 265 g/mol. The van der Waals surface area contributed by atoms with Gasteiger partial charge in [0.15, 0.2) is 0 Å². The van der Waals surface area contributed by atoms with Crippen molar-refractivity contribution in [2.24, 2.45) is 5.41 Å². The fourth-order valence-electron chi connectivity index (χ4n) is 3.19. The fourth-order valence-corrected chi connectivity index (χ4v) is 3.19. The van der Waals surface area contributed by atoms with Crippen LogP contribution in [0, 0.1) is 11.2 Å². The van der Waals surface area contributed by atoms with Gasteiger partial charge >= 0.3 is 0 Å². The quantitative estimate of drug-likeness (QED) is 0.841. The number of nitrogens with zero attached hydrogens (tertiary/aromatic N) is 1. The van der Waals surface area contributed by atoms with E-state index < -0.39 is 0 Å². The van der Waals surface area contributed by atoms with Crippen LogP contribution >= 0.6 is 0 Å². The molecule has 2 rings (SSSR count). The molecule has 0 saturated heterocycles. The Bertz CT molecular complexity index is 399. The Balaban J connectivity index is 2.11. The number of aliphatic hydroxyl groups excluding tert-OH is 1. The summed E-state index contributed by atoms with van der Waals surface area (Å²) in [4.78, 5) is 1.96. The second-order valence-electron chi connectivity index (χ2n) is 5.88. The molecule has 3 heteroatoms. The molecule has 0 bridgehead atoms. The lowest BCUT2D eigenvalue weighted by Gasteiger charge is -2.36. The molecule has 0 aliphatic heterocycles. The smallest absolute Gasteiger partial charge is 0.146 e. The van der Waals surface area contributed by atoms with Gasteiger partial charge in [-0.25, -0.2) is 4.39 Å². The van der Waals surface area contributed by atoms with E-state index in [0.717, 1.165) is 19.4 Å². The third kappa shape index (κ3) is 3.47. The van der Waals surface area contributed by atoms with Gasteiger partial charge in [-0.2, -0.15) is 0 Å². The molecule has 106 valence electrons. The number of halogens is 1. The molecule has 0 atom stereocenters. The van der Waals surface area contributed by atoms with Gasteiger partial charge in [0.05, 0.1) is 12.3 Å². The minimum atomic E-state index is -0.188. The molecule has 2 nitrogen and oxygen atoms in total. The summed E-state index contributed by atoms with van der Waals surface area (Å²) in [5.41, 5.74) is 0.563. The Kier molecular flexibility index (Phi) is 4.81. The highest BCUT2D eigenvalue weighted by atomic mass is 19.1. The zero-order chi connectivity index (χ0) is 13.7. The second-order valence-corrected chi connectivity index (χ2v) is 5.88. The zero-order valence-corrected chi connectivity index (χ0v) is 11.7. The molecule has 19 heavy (non-hydrogen) atoms. The summed E-state index contributed by atoms with van der Waals surface area (Å²) in [6.07, 6.45) is 6.94. The molecular weight excluding hydrogens is 241 g/mol. The number of para-hydroxylation sites is 1. The summed E-state index contributed by atoms with van der Waals surface area (Å²) in [6.45, 7) is 0.927. The number of aliphatic hydroxyl groups is 1. The van der Waals surface area contributed by atoms with Crippen LogP contribution in [-0.2, 0) is 0 Å². The van der Waals surface area contributed by atoms with Crippen LogP contribution in [0.3, 0.4) is 0 Å². The summed E-state index contributed by atoms with van der Waals surface area (Å²) >= 11 is 0. The third-order valence-electron chi connectivity index (χ3n) is 4.34. The van der Waals surface area contributed by atoms with E-state index in [1.54, 1.807) is 12.1 Å². The maximum Gasteiger partial charge on any atom is 0.146 e. The van der Waals surface area contributed by atoms with Gasteiger partial charge in [0, 0.05) is 19.0 Å². The largest absolute Gasteiger partial charge is 0.396 e. The van der Waals surface area contributed by atoms with Crippen LogP contribution in [0.4, 0.5) is 10.1 Å². The number of rotatable bonds is 4. The van der Waals surface area contributed by atoms with Crippen molar-refractivity contribution < 1.29 is 9.50 Å². The summed E-state index contributed by atoms with van der Waals surface area (Å²) in [5, 5.41) is 9.81. The maximum absolute atomic E-state index is 13.8. The summed E-state index contributed by atoms with van der Waals surface area (Å²) in [7, 11) is 1.92. The van der Waals surface area contributed by atoms with E-state index in [0.29, 0.717) is 5.69 Å². The standard InChI is InChI=1S/C16H24FNO/c1-18(15-9-5-4-8-14(15)17)12-16(13-19)10-6-2-3-7-11-16/h4-5,8-9,19H,2-3,6-7,10-13H2,1H3. The van der Waals surface area contributed by atoms with Crippen LogP contribution in [0.5, 0.6) is 0 Å². The van der Waals surface area contributed by atoms with Crippen molar-refractivity contribution in [1.29, 1.82) is 0 Å². The van der Waals surface area contributed by atoms with Crippen LogP contribution in [0.25, 0.3) is 0 Å². The Morgan fingerprint density at radius 1 is 1.16 bits per heavy atom. The predicted octanol–water partition coefficient (Wildman–Crippen LogP) is 3.59. The predicted molar refractivity (Wildman–Crippen MR) is 76.9 cm³/mol. The van der Waals surface area contributed by atoms with Gasteiger partial charge in [0.1, 0.15) is 5.82 Å². The number of hydrogen-bond acceptors (Lipinski definition) is 2. The lowest BCUT2D eigenvalue weighted by molar-refractivity contribution is 0.113. The number of hydrogen-bond donors (Lipinski definition) is 1. The molecule has 0 radical (unpaired) electrons. The van der Waals surface area contributed by atoms with E-state index in [1.807, 2.05) is 18.0 Å². The van der Waals surface area contributed by atoms with Crippen molar-refractivity contribution in [1.82, 2.24) is 0 Å². The SMILES string of the molecule is CN(CC1(CO)CCCCCC1)c1ccccc1F. The van der Waals surface area contributed by atoms with Gasteiger partial charge in [-0.05, 0) is 25.0 Å². The number of anilines is 1. The van der Waals surface area contributed by atoms with Crippen LogP contribution < -0.4 is 4.90 Å². The van der Waals surface area contributed by atoms with Crippen molar-refractivity contribution in [3.05, 3.63) is 30.1 Å². The summed E-state index contributed by atoms with van der Waals surface area (Å²) in [5.74, 6) is -0.188. The lowest BCUT2D eigenvalue weighted by atomic mass is 9.80. The number of benzene rings is 1. The van der Waals surface area contributed by atoms with E-state index in [1.165, 1.54) is 31.7 Å². The molecule has 1 aliphatic rings. The Morgan fingerprint density at radius 3 is 2.37 bits per heavy atom. The van der Waals surface area contributed by atoms with Crippen molar-refractivity contribution in [2.75, 3.05) is 25.1 Å². The highest BCUT2D eigenvalue weighted by Crippen LogP contribution is 2.36. The van der Waals surface area contributed by atoms with Gasteiger partial charge in [0.2, 0.25) is 0 Å². The van der Waals surface area contributed by atoms with E-state index in [-0.39, 0.29) is 17.8 Å². The third-order valence-corrected chi connectivity index (χ3v) is 4.34. The van der Waals surface area contributed by atoms with Gasteiger partial charge in [-0.15, -0.1) is 0 Å². The van der Waals surface area contributed by atoms with Crippen molar-refractivity contribution in [3.8, 4) is 0 Å². The van der Waals surface area contributed by atoms with Crippen LogP contribution in [0.15, 0.2) is 24.3 Å². The van der Waals surface area contributed by atoms with Crippen molar-refractivity contribution in [3.63, 3.8) is 0 Å². The first-order valence-electron chi connectivity index (χ1n) is 7.23. The molecule has 1 aromatic rings. The lowest BCUT2D eigenvalue weighted by Crippen LogP contribution is -2.38. The second kappa shape index (κ2) is 6.38. The van der Waals surface area contributed by atoms with Gasteiger partial charge in [-0.1, -0.05) is 37.8 Å². The van der Waals surface area contributed by atoms with Crippen LogP contribution in [0.1, 0.15) is 38.5 Å². The van der Waals surface area contributed by atoms with Crippen molar-refractivity contribution in [2.45, 2.75) is 38.5 Å². The van der Waals surface area contributed by atoms with Gasteiger partial charge in [-0.3, -0.25) is 0 Å².